The van der Waals surface area contributed by atoms with Crippen LogP contribution in [0.15, 0.2) is 18.2 Å². The summed E-state index contributed by atoms with van der Waals surface area (Å²) in [5, 5.41) is 0. The maximum atomic E-state index is 13.3. The minimum atomic E-state index is -0.862. The number of ether oxygens (including phenoxy) is 1. The lowest BCUT2D eigenvalue weighted by Gasteiger charge is -2.35. The molecule has 1 aliphatic heterocycles. The molecule has 1 saturated carbocycles. The number of carbonyl (C=O) groups excluding carboxylic acids is 1. The summed E-state index contributed by atoms with van der Waals surface area (Å²) in [5.74, 6) is -1.82. The maximum Gasteiger partial charge on any atom is 0.226 e. The number of nitrogens with two attached hydrogens (primary N) is 1. The van der Waals surface area contributed by atoms with E-state index in [1.165, 1.54) is 6.07 Å². The molecule has 2 aliphatic rings. The number of rotatable bonds is 3. The summed E-state index contributed by atoms with van der Waals surface area (Å²) < 4.78 is 31.8. The van der Waals surface area contributed by atoms with Crippen LogP contribution >= 0.6 is 0 Å². The van der Waals surface area contributed by atoms with E-state index in [9.17, 15) is 13.6 Å². The molecule has 3 rings (SSSR count). The van der Waals surface area contributed by atoms with Gasteiger partial charge in [0.05, 0.1) is 12.7 Å². The van der Waals surface area contributed by atoms with Gasteiger partial charge in [-0.25, -0.2) is 8.78 Å². The summed E-state index contributed by atoms with van der Waals surface area (Å²) in [7, 11) is 0. The van der Waals surface area contributed by atoms with Crippen molar-refractivity contribution in [3.63, 3.8) is 0 Å². The first-order valence-corrected chi connectivity index (χ1v) is 7.58. The first kappa shape index (κ1) is 15.4. The Kier molecular flexibility index (Phi) is 4.14. The summed E-state index contributed by atoms with van der Waals surface area (Å²) in [6.45, 7) is 3.40. The van der Waals surface area contributed by atoms with E-state index < -0.39 is 11.6 Å². The third-order valence-electron chi connectivity index (χ3n) is 4.47. The smallest absolute Gasteiger partial charge is 0.226 e. The molecule has 0 radical (unpaired) electrons. The van der Waals surface area contributed by atoms with Crippen molar-refractivity contribution < 1.29 is 18.3 Å². The van der Waals surface area contributed by atoms with Crippen LogP contribution in [0, 0.1) is 17.6 Å². The van der Waals surface area contributed by atoms with E-state index >= 15 is 0 Å². The summed E-state index contributed by atoms with van der Waals surface area (Å²) in [6.07, 6.45) is 0.544. The van der Waals surface area contributed by atoms with E-state index in [1.807, 2.05) is 6.92 Å². The van der Waals surface area contributed by atoms with Gasteiger partial charge in [-0.15, -0.1) is 0 Å². The number of benzene rings is 1. The molecule has 1 heterocycles. The van der Waals surface area contributed by atoms with E-state index in [-0.39, 0.29) is 29.9 Å². The number of amides is 1. The Balaban J connectivity index is 1.63. The fraction of sp³-hybridized carbons (Fsp3) is 0.562. The second kappa shape index (κ2) is 5.93. The van der Waals surface area contributed by atoms with Crippen LogP contribution in [0.5, 0.6) is 0 Å². The molecule has 2 fully saturated rings. The molecule has 22 heavy (non-hydrogen) atoms. The molecule has 4 unspecified atom stereocenters. The summed E-state index contributed by atoms with van der Waals surface area (Å²) in [5.41, 5.74) is 6.52. The van der Waals surface area contributed by atoms with Gasteiger partial charge in [0.15, 0.2) is 11.6 Å². The van der Waals surface area contributed by atoms with Crippen molar-refractivity contribution in [3.8, 4) is 0 Å². The zero-order chi connectivity index (χ0) is 15.9. The van der Waals surface area contributed by atoms with Gasteiger partial charge in [-0.3, -0.25) is 4.79 Å². The van der Waals surface area contributed by atoms with Gasteiger partial charge in [0.1, 0.15) is 0 Å². The molecule has 1 amide bonds. The molecule has 0 aromatic heterocycles. The Labute approximate surface area is 128 Å². The predicted octanol–water partition coefficient (Wildman–Crippen LogP) is 1.64. The molecule has 1 aromatic rings. The molecular weight excluding hydrogens is 290 g/mol. The van der Waals surface area contributed by atoms with Crippen LogP contribution in [0.2, 0.25) is 0 Å². The van der Waals surface area contributed by atoms with Crippen LogP contribution in [0.1, 0.15) is 24.8 Å². The van der Waals surface area contributed by atoms with Gasteiger partial charge in [0.2, 0.25) is 5.91 Å². The molecule has 4 atom stereocenters. The summed E-state index contributed by atoms with van der Waals surface area (Å²) in [6, 6.07) is 3.74. The Morgan fingerprint density at radius 3 is 2.86 bits per heavy atom. The van der Waals surface area contributed by atoms with Gasteiger partial charge >= 0.3 is 0 Å². The van der Waals surface area contributed by atoms with E-state index in [2.05, 4.69) is 0 Å². The topological polar surface area (TPSA) is 55.6 Å². The molecular formula is C16H20F2N2O2. The molecule has 1 aromatic carbocycles. The number of hydrogen-bond acceptors (Lipinski definition) is 3. The molecule has 0 spiro atoms. The highest BCUT2D eigenvalue weighted by molar-refractivity contribution is 5.83. The van der Waals surface area contributed by atoms with Crippen LogP contribution in [-0.2, 0) is 9.53 Å². The fourth-order valence-electron chi connectivity index (χ4n) is 3.01. The largest absolute Gasteiger partial charge is 0.373 e. The lowest BCUT2D eigenvalue weighted by atomic mass is 10.1. The van der Waals surface area contributed by atoms with Gasteiger partial charge in [0, 0.05) is 25.0 Å². The quantitative estimate of drug-likeness (QED) is 0.923. The van der Waals surface area contributed by atoms with Crippen molar-refractivity contribution in [1.82, 2.24) is 4.90 Å². The van der Waals surface area contributed by atoms with Crippen LogP contribution in [0.3, 0.4) is 0 Å². The Hall–Kier alpha value is -1.53. The summed E-state index contributed by atoms with van der Waals surface area (Å²) in [4.78, 5) is 14.3. The Bertz CT molecular complexity index is 579. The number of halogens is 2. The lowest BCUT2D eigenvalue weighted by Crippen LogP contribution is -2.51. The normalized spacial score (nSPS) is 29.3. The zero-order valence-corrected chi connectivity index (χ0v) is 12.5. The Morgan fingerprint density at radius 2 is 2.18 bits per heavy atom. The van der Waals surface area contributed by atoms with Crippen molar-refractivity contribution >= 4 is 5.91 Å². The summed E-state index contributed by atoms with van der Waals surface area (Å²) >= 11 is 0. The molecule has 1 aliphatic carbocycles. The third kappa shape index (κ3) is 2.98. The van der Waals surface area contributed by atoms with Crippen molar-refractivity contribution in [2.45, 2.75) is 31.4 Å². The molecule has 2 N–H and O–H groups in total. The lowest BCUT2D eigenvalue weighted by molar-refractivity contribution is -0.140. The van der Waals surface area contributed by atoms with Gasteiger partial charge in [0.25, 0.3) is 0 Å². The second-order valence-electron chi connectivity index (χ2n) is 6.17. The first-order chi connectivity index (χ1) is 10.5. The average molecular weight is 310 g/mol. The van der Waals surface area contributed by atoms with Crippen LogP contribution in [0.25, 0.3) is 0 Å². The molecule has 6 heteroatoms. The van der Waals surface area contributed by atoms with Gasteiger partial charge in [-0.1, -0.05) is 6.07 Å². The first-order valence-electron chi connectivity index (χ1n) is 7.58. The number of hydrogen-bond donors (Lipinski definition) is 1. The van der Waals surface area contributed by atoms with Crippen LogP contribution in [-0.4, -0.2) is 42.6 Å². The highest BCUT2D eigenvalue weighted by Gasteiger charge is 2.46. The van der Waals surface area contributed by atoms with Crippen molar-refractivity contribution in [2.24, 2.45) is 11.7 Å². The number of carbonyl (C=O) groups is 1. The molecule has 4 nitrogen and oxygen atoms in total. The van der Waals surface area contributed by atoms with Gasteiger partial charge in [-0.05, 0) is 37.0 Å². The standard InChI is InChI=1S/C16H20F2N2O2/c1-9(19)15-8-20(4-5-22-15)16(21)12-7-11(12)10-2-3-13(17)14(18)6-10/h2-3,6,9,11-12,15H,4-5,7-8,19H2,1H3. The van der Waals surface area contributed by atoms with E-state index in [0.717, 1.165) is 6.07 Å². The van der Waals surface area contributed by atoms with Crippen LogP contribution < -0.4 is 5.73 Å². The van der Waals surface area contributed by atoms with Gasteiger partial charge in [-0.2, -0.15) is 0 Å². The highest BCUT2D eigenvalue weighted by atomic mass is 19.2. The molecule has 1 saturated heterocycles. The van der Waals surface area contributed by atoms with Crippen molar-refractivity contribution in [3.05, 3.63) is 35.4 Å². The van der Waals surface area contributed by atoms with Gasteiger partial charge < -0.3 is 15.4 Å². The number of nitrogens with zero attached hydrogens (tertiary/aromatic N) is 1. The Morgan fingerprint density at radius 1 is 1.41 bits per heavy atom. The minimum absolute atomic E-state index is 0.0146. The third-order valence-corrected chi connectivity index (χ3v) is 4.47. The monoisotopic (exact) mass is 310 g/mol. The molecule has 0 bridgehead atoms. The predicted molar refractivity (Wildman–Crippen MR) is 77.2 cm³/mol. The maximum absolute atomic E-state index is 13.3. The zero-order valence-electron chi connectivity index (χ0n) is 12.5. The van der Waals surface area contributed by atoms with E-state index in [1.54, 1.807) is 11.0 Å². The average Bonchev–Trinajstić information content (AvgIpc) is 3.30. The minimum Gasteiger partial charge on any atom is -0.373 e. The highest BCUT2D eigenvalue weighted by Crippen LogP contribution is 2.48. The second-order valence-corrected chi connectivity index (χ2v) is 6.17. The van der Waals surface area contributed by atoms with Crippen molar-refractivity contribution in [1.29, 1.82) is 0 Å². The van der Waals surface area contributed by atoms with E-state index in [4.69, 9.17) is 10.5 Å². The fourth-order valence-corrected chi connectivity index (χ4v) is 3.01. The van der Waals surface area contributed by atoms with E-state index in [0.29, 0.717) is 31.7 Å². The van der Waals surface area contributed by atoms with Crippen LogP contribution in [0.4, 0.5) is 8.78 Å². The van der Waals surface area contributed by atoms with Crippen molar-refractivity contribution in [2.75, 3.05) is 19.7 Å². The SMILES string of the molecule is CC(N)C1CN(C(=O)C2CC2c2ccc(F)c(F)c2)CCO1. The number of morpholine rings is 1. The molecule has 120 valence electrons.